The van der Waals surface area contributed by atoms with Gasteiger partial charge in [0.15, 0.2) is 0 Å². The maximum atomic E-state index is 4.86. The van der Waals surface area contributed by atoms with Gasteiger partial charge < -0.3 is 7.43 Å². The van der Waals surface area contributed by atoms with Gasteiger partial charge in [-0.3, -0.25) is 9.97 Å². The third kappa shape index (κ3) is 12.5. The molecule has 2 aliphatic rings. The van der Waals surface area contributed by atoms with Crippen molar-refractivity contribution in [2.24, 2.45) is 0 Å². The summed E-state index contributed by atoms with van der Waals surface area (Å²) in [5.74, 6) is 0.653. The van der Waals surface area contributed by atoms with Crippen LogP contribution in [-0.4, -0.2) is 9.97 Å². The van der Waals surface area contributed by atoms with Crippen molar-refractivity contribution in [1.29, 1.82) is 0 Å². The van der Waals surface area contributed by atoms with E-state index in [-0.39, 0.29) is 33.4 Å². The van der Waals surface area contributed by atoms with Crippen LogP contribution in [0.15, 0.2) is 170 Å². The number of benzene rings is 5. The SMILES string of the molecule is CCCCC1(CCCC)c2ccccc2-c2ccc(-c3ccc(-c4ccnc(-c5cc(-c6ccc(-c7ccc8c(c7)C(CCCC)(CCCC)c7ccccc7-8)s6)ccn5)c4)s3)cc21.Cc1ccc(C(C)C)cc1.[CH3-].[Cl][Ru][Cl]. The summed E-state index contributed by atoms with van der Waals surface area (Å²) in [6.45, 7) is 15.9. The van der Waals surface area contributed by atoms with E-state index in [0.29, 0.717) is 5.92 Å². The zero-order chi connectivity index (χ0) is 53.9. The van der Waals surface area contributed by atoms with Crippen LogP contribution in [0.5, 0.6) is 0 Å². The Labute approximate surface area is 491 Å². The summed E-state index contributed by atoms with van der Waals surface area (Å²) in [6.07, 6.45) is 18.5. The van der Waals surface area contributed by atoms with Crippen LogP contribution in [0.3, 0.4) is 0 Å². The van der Waals surface area contributed by atoms with Crippen molar-refractivity contribution >= 4 is 42.1 Å². The molecular weight excluding hydrogens is 1120 g/mol. The van der Waals surface area contributed by atoms with Crippen LogP contribution in [0.25, 0.3) is 75.4 Å². The predicted molar refractivity (Wildman–Crippen MR) is 339 cm³/mol. The first-order chi connectivity index (χ1) is 37.6. The van der Waals surface area contributed by atoms with Crippen molar-refractivity contribution in [2.75, 3.05) is 0 Å². The Bertz CT molecular complexity index is 3170. The Morgan fingerprint density at radius 3 is 1.14 bits per heavy atom. The van der Waals surface area contributed by atoms with E-state index in [9.17, 15) is 0 Å². The molecule has 7 heteroatoms. The number of pyridine rings is 2. The van der Waals surface area contributed by atoms with Crippen molar-refractivity contribution in [3.05, 3.63) is 211 Å². The van der Waals surface area contributed by atoms with Crippen LogP contribution < -0.4 is 0 Å². The molecule has 0 aliphatic heterocycles. The molecule has 0 saturated carbocycles. The Balaban J connectivity index is 0.000000509. The summed E-state index contributed by atoms with van der Waals surface area (Å²) in [7, 11) is 9.71. The van der Waals surface area contributed by atoms with Crippen molar-refractivity contribution < 1.29 is 15.1 Å². The standard InChI is InChI=1S/C60H60N2S2.C10H14.CH3.2ClH.Ru/c1-5-9-31-59(32-10-6-2)49-19-15-13-17-45(49)47-23-21-41(37-51(47)59)55-25-27-57(63-55)43-29-35-61-53(39-43)54-40-44(30-36-62-54)58-28-26-56(64-58)42-22-24-48-46-18-14-16-20-50(46)60(33-11-7-3,34-12-8-4)52(48)38-42;1-8(2)10-6-4-9(3)5-7-10;;;;/h13-30,35-40H,5-12,31-34H2,1-4H3;4-8H,1-3H3;1H3;2*1H;/q;;-1;;;+2/p-2. The van der Waals surface area contributed by atoms with Gasteiger partial charge in [0.2, 0.25) is 0 Å². The molecule has 5 aromatic carbocycles. The van der Waals surface area contributed by atoms with Gasteiger partial charge in [0.25, 0.3) is 0 Å². The number of hydrogen-bond acceptors (Lipinski definition) is 4. The van der Waals surface area contributed by atoms with Crippen molar-refractivity contribution in [1.82, 2.24) is 9.97 Å². The number of thiophene rings is 2. The van der Waals surface area contributed by atoms with Gasteiger partial charge in [0.1, 0.15) is 0 Å². The number of fused-ring (bicyclic) bond motifs is 6. The fourth-order valence-electron chi connectivity index (χ4n) is 12.2. The van der Waals surface area contributed by atoms with Crippen molar-refractivity contribution in [2.45, 2.75) is 142 Å². The summed E-state index contributed by atoms with van der Waals surface area (Å²) < 4.78 is 0. The molecule has 78 heavy (non-hydrogen) atoms. The molecule has 0 amide bonds. The molecule has 0 unspecified atom stereocenters. The van der Waals surface area contributed by atoms with Gasteiger partial charge in [-0.15, -0.1) is 22.7 Å². The Hall–Kier alpha value is -5.00. The van der Waals surface area contributed by atoms with Crippen LogP contribution in [-0.2, 0) is 26.0 Å². The normalized spacial score (nSPS) is 13.1. The molecule has 4 aromatic heterocycles. The molecule has 2 nitrogen and oxygen atoms in total. The first-order valence-electron chi connectivity index (χ1n) is 28.2. The van der Waals surface area contributed by atoms with Crippen LogP contribution in [0, 0.1) is 14.4 Å². The van der Waals surface area contributed by atoms with Gasteiger partial charge in [-0.25, -0.2) is 0 Å². The zero-order valence-electron chi connectivity index (χ0n) is 47.0. The molecule has 0 N–H and O–H groups in total. The van der Waals surface area contributed by atoms with Crippen molar-refractivity contribution in [3.8, 4) is 75.4 Å². The molecule has 0 atom stereocenters. The van der Waals surface area contributed by atoms with E-state index in [1.165, 1.54) is 174 Å². The molecule has 0 saturated heterocycles. The fourth-order valence-corrected chi connectivity index (χ4v) is 14.2. The van der Waals surface area contributed by atoms with E-state index in [0.717, 1.165) is 11.4 Å². The third-order valence-corrected chi connectivity index (χ3v) is 18.6. The van der Waals surface area contributed by atoms with Gasteiger partial charge in [-0.1, -0.05) is 196 Å². The van der Waals surface area contributed by atoms with Gasteiger partial charge in [-0.2, -0.15) is 0 Å². The molecular formula is C71H77Cl2N2RuS2-. The first-order valence-corrected chi connectivity index (χ1v) is 34.3. The first kappa shape index (κ1) is 59.1. The van der Waals surface area contributed by atoms with E-state index < -0.39 is 0 Å². The number of hydrogen-bond donors (Lipinski definition) is 0. The number of aromatic nitrogens is 2. The van der Waals surface area contributed by atoms with Gasteiger partial charge in [0, 0.05) is 42.7 Å². The van der Waals surface area contributed by atoms with E-state index in [1.54, 1.807) is 0 Å². The molecule has 0 bridgehead atoms. The second kappa shape index (κ2) is 27.4. The quantitative estimate of drug-likeness (QED) is 0.0632. The number of rotatable bonds is 18. The van der Waals surface area contributed by atoms with Gasteiger partial charge in [-0.05, 0) is 172 Å². The van der Waals surface area contributed by atoms with Crippen LogP contribution in [0.2, 0.25) is 0 Å². The minimum atomic E-state index is -0.346. The Morgan fingerprint density at radius 2 is 0.782 bits per heavy atom. The summed E-state index contributed by atoms with van der Waals surface area (Å²) in [4.78, 5) is 14.8. The molecule has 406 valence electrons. The zero-order valence-corrected chi connectivity index (χ0v) is 51.9. The van der Waals surface area contributed by atoms with Gasteiger partial charge in [0.05, 0.1) is 11.4 Å². The van der Waals surface area contributed by atoms with E-state index in [4.69, 9.17) is 29.4 Å². The average Bonchev–Trinajstić information content (AvgIpc) is 4.28. The summed E-state index contributed by atoms with van der Waals surface area (Å²) in [5, 5.41) is 0. The third-order valence-electron chi connectivity index (χ3n) is 16.2. The topological polar surface area (TPSA) is 25.8 Å². The number of halogens is 2. The predicted octanol–water partition coefficient (Wildman–Crippen LogP) is 23.2. The van der Waals surface area contributed by atoms with E-state index >= 15 is 0 Å². The van der Waals surface area contributed by atoms with Crippen LogP contribution >= 0.6 is 42.1 Å². The van der Waals surface area contributed by atoms with Crippen molar-refractivity contribution in [3.63, 3.8) is 0 Å². The summed E-state index contributed by atoms with van der Waals surface area (Å²) >= 11 is 3.40. The average molecular weight is 1190 g/mol. The maximum absolute atomic E-state index is 4.86. The molecule has 9 aromatic rings. The van der Waals surface area contributed by atoms with E-state index in [1.807, 2.05) is 35.1 Å². The van der Waals surface area contributed by atoms with E-state index in [2.05, 4.69) is 206 Å². The summed E-state index contributed by atoms with van der Waals surface area (Å²) in [5.41, 5.74) is 21.6. The molecule has 0 spiro atoms. The molecule has 11 rings (SSSR count). The number of unbranched alkanes of at least 4 members (excludes halogenated alkanes) is 4. The molecule has 0 fully saturated rings. The van der Waals surface area contributed by atoms with Gasteiger partial charge >= 0.3 is 34.5 Å². The second-order valence-corrected chi connectivity index (χ2v) is 26.3. The molecule has 0 radical (unpaired) electrons. The molecule has 2 aliphatic carbocycles. The minimum absolute atomic E-state index is 0. The number of nitrogens with zero attached hydrogens (tertiary/aromatic N) is 2. The van der Waals surface area contributed by atoms with Crippen LogP contribution in [0.1, 0.15) is 158 Å². The number of aryl methyl sites for hydroxylation is 1. The summed E-state index contributed by atoms with van der Waals surface area (Å²) in [6, 6.07) is 59.6. The fraction of sp³-hybridized carbons (Fsp3) is 0.310. The second-order valence-electron chi connectivity index (χ2n) is 21.5. The monoisotopic (exact) mass is 1190 g/mol. The van der Waals surface area contributed by atoms with Crippen LogP contribution in [0.4, 0.5) is 0 Å². The Morgan fingerprint density at radius 1 is 0.436 bits per heavy atom. The Kier molecular flexibility index (Phi) is 20.8. The molecule has 4 heterocycles.